The second-order valence-corrected chi connectivity index (χ2v) is 7.40. The van der Waals surface area contributed by atoms with Crippen LogP contribution in [0.25, 0.3) is 0 Å². The van der Waals surface area contributed by atoms with E-state index in [0.29, 0.717) is 5.56 Å². The highest BCUT2D eigenvalue weighted by molar-refractivity contribution is 14.1. The minimum Gasteiger partial charge on any atom is -0.322 e. The number of rotatable bonds is 5. The number of halogens is 1. The summed E-state index contributed by atoms with van der Waals surface area (Å²) in [5, 5.41) is 10.4. The molecule has 3 aromatic rings. The van der Waals surface area contributed by atoms with Crippen LogP contribution in [0.4, 0.5) is 5.69 Å². The van der Waals surface area contributed by atoms with Crippen LogP contribution in [-0.2, 0) is 5.75 Å². The van der Waals surface area contributed by atoms with E-state index in [1.807, 2.05) is 49.4 Å². The summed E-state index contributed by atoms with van der Waals surface area (Å²) >= 11 is 3.83. The quantitative estimate of drug-likeness (QED) is 0.450. The van der Waals surface area contributed by atoms with Crippen molar-refractivity contribution in [3.05, 3.63) is 69.1 Å². The van der Waals surface area contributed by atoms with Gasteiger partial charge in [-0.2, -0.15) is 5.10 Å². The van der Waals surface area contributed by atoms with E-state index in [1.165, 1.54) is 6.33 Å². The topological polar surface area (TPSA) is 70.7 Å². The maximum absolute atomic E-state index is 12.4. The Labute approximate surface area is 157 Å². The normalized spacial score (nSPS) is 10.6. The summed E-state index contributed by atoms with van der Waals surface area (Å²) in [7, 11) is 0. The molecule has 24 heavy (non-hydrogen) atoms. The molecule has 0 aliphatic heterocycles. The number of carbonyl (C=O) groups is 1. The molecule has 3 rings (SSSR count). The van der Waals surface area contributed by atoms with Gasteiger partial charge in [0, 0.05) is 20.6 Å². The first-order chi connectivity index (χ1) is 11.6. The van der Waals surface area contributed by atoms with Crippen molar-refractivity contribution >= 4 is 45.9 Å². The molecule has 5 nitrogen and oxygen atoms in total. The maximum atomic E-state index is 12.4. The van der Waals surface area contributed by atoms with E-state index in [1.54, 1.807) is 11.8 Å². The smallest absolute Gasteiger partial charge is 0.255 e. The zero-order valence-corrected chi connectivity index (χ0v) is 15.9. The molecule has 0 unspecified atom stereocenters. The monoisotopic (exact) mass is 450 g/mol. The number of hydrogen-bond acceptors (Lipinski definition) is 4. The van der Waals surface area contributed by atoms with Gasteiger partial charge < -0.3 is 5.32 Å². The van der Waals surface area contributed by atoms with Gasteiger partial charge >= 0.3 is 0 Å². The van der Waals surface area contributed by atoms with Crippen LogP contribution in [0.3, 0.4) is 0 Å². The Morgan fingerprint density at radius 1 is 1.25 bits per heavy atom. The minimum absolute atomic E-state index is 0.103. The number of benzene rings is 2. The van der Waals surface area contributed by atoms with Gasteiger partial charge in [0.15, 0.2) is 5.16 Å². The first kappa shape index (κ1) is 17.0. The molecule has 0 fully saturated rings. The Morgan fingerprint density at radius 2 is 2.04 bits per heavy atom. The minimum atomic E-state index is -0.103. The van der Waals surface area contributed by atoms with Gasteiger partial charge in [0.1, 0.15) is 6.33 Å². The van der Waals surface area contributed by atoms with Crippen molar-refractivity contribution in [2.45, 2.75) is 17.8 Å². The zero-order valence-electron chi connectivity index (χ0n) is 12.9. The number of amides is 1. The molecule has 0 saturated heterocycles. The number of anilines is 1. The number of aryl methyl sites for hydroxylation is 1. The van der Waals surface area contributed by atoms with Crippen molar-refractivity contribution in [2.24, 2.45) is 0 Å². The molecule has 0 spiro atoms. The van der Waals surface area contributed by atoms with Crippen molar-refractivity contribution in [3.8, 4) is 0 Å². The second kappa shape index (κ2) is 7.80. The number of carbonyl (C=O) groups excluding carboxylic acids is 1. The fraction of sp³-hybridized carbons (Fsp3) is 0.118. The van der Waals surface area contributed by atoms with Crippen molar-refractivity contribution in [1.82, 2.24) is 15.2 Å². The summed E-state index contributed by atoms with van der Waals surface area (Å²) in [5.41, 5.74) is 3.65. The molecule has 2 N–H and O–H groups in total. The van der Waals surface area contributed by atoms with Crippen molar-refractivity contribution in [2.75, 3.05) is 5.32 Å². The average molecular weight is 450 g/mol. The number of hydrogen-bond donors (Lipinski definition) is 2. The summed E-state index contributed by atoms with van der Waals surface area (Å²) in [5.74, 6) is 0.668. The van der Waals surface area contributed by atoms with Crippen LogP contribution in [0, 0.1) is 10.5 Å². The van der Waals surface area contributed by atoms with E-state index >= 15 is 0 Å². The second-order valence-electron chi connectivity index (χ2n) is 5.19. The Kier molecular flexibility index (Phi) is 5.52. The predicted molar refractivity (Wildman–Crippen MR) is 104 cm³/mol. The molecule has 1 aromatic heterocycles. The van der Waals surface area contributed by atoms with E-state index in [4.69, 9.17) is 0 Å². The fourth-order valence-electron chi connectivity index (χ4n) is 2.13. The lowest BCUT2D eigenvalue weighted by Gasteiger charge is -2.09. The van der Waals surface area contributed by atoms with Crippen molar-refractivity contribution in [1.29, 1.82) is 0 Å². The van der Waals surface area contributed by atoms with Gasteiger partial charge in [-0.15, -0.1) is 0 Å². The van der Waals surface area contributed by atoms with Crippen LogP contribution in [0.5, 0.6) is 0 Å². The molecule has 0 aliphatic carbocycles. The van der Waals surface area contributed by atoms with E-state index < -0.39 is 0 Å². The van der Waals surface area contributed by atoms with Crippen LogP contribution < -0.4 is 5.32 Å². The first-order valence-electron chi connectivity index (χ1n) is 7.26. The molecule has 122 valence electrons. The molecule has 0 atom stereocenters. The molecule has 0 saturated carbocycles. The lowest BCUT2D eigenvalue weighted by atomic mass is 10.1. The summed E-state index contributed by atoms with van der Waals surface area (Å²) in [6.45, 7) is 1.99. The number of nitrogens with one attached hydrogen (secondary N) is 2. The third-order valence-electron chi connectivity index (χ3n) is 3.42. The fourth-order valence-corrected chi connectivity index (χ4v) is 3.51. The molecular weight excluding hydrogens is 435 g/mol. The highest BCUT2D eigenvalue weighted by Gasteiger charge is 2.08. The van der Waals surface area contributed by atoms with Gasteiger partial charge in [0.05, 0.1) is 0 Å². The Balaban J connectivity index is 1.63. The summed E-state index contributed by atoms with van der Waals surface area (Å²) in [6.07, 6.45) is 1.49. The average Bonchev–Trinajstić information content (AvgIpc) is 3.09. The van der Waals surface area contributed by atoms with Crippen LogP contribution >= 0.6 is 34.4 Å². The van der Waals surface area contributed by atoms with E-state index in [-0.39, 0.29) is 5.91 Å². The van der Waals surface area contributed by atoms with Gasteiger partial charge in [-0.1, -0.05) is 23.9 Å². The SMILES string of the molecule is Cc1cc(I)ccc1NC(=O)c1ccc(CSc2ncn[nH]2)cc1. The Hall–Kier alpha value is -1.87. The summed E-state index contributed by atoms with van der Waals surface area (Å²) in [4.78, 5) is 16.4. The number of aromatic amines is 1. The maximum Gasteiger partial charge on any atom is 0.255 e. The molecule has 1 heterocycles. The van der Waals surface area contributed by atoms with Gasteiger partial charge in [-0.25, -0.2) is 4.98 Å². The van der Waals surface area contributed by atoms with E-state index in [2.05, 4.69) is 43.1 Å². The van der Waals surface area contributed by atoms with Crippen LogP contribution in [0.2, 0.25) is 0 Å². The van der Waals surface area contributed by atoms with Gasteiger partial charge in [0.25, 0.3) is 5.91 Å². The van der Waals surface area contributed by atoms with Gasteiger partial charge in [-0.05, 0) is 71.0 Å². The molecular formula is C17H15IN4OS. The zero-order chi connectivity index (χ0) is 16.9. The van der Waals surface area contributed by atoms with Gasteiger partial charge in [0.2, 0.25) is 0 Å². The standard InChI is InChI=1S/C17H15IN4OS/c1-11-8-14(18)6-7-15(11)21-16(23)13-4-2-12(3-5-13)9-24-17-19-10-20-22-17/h2-8,10H,9H2,1H3,(H,21,23)(H,19,20,22). The number of nitrogens with zero attached hydrogens (tertiary/aromatic N) is 2. The first-order valence-corrected chi connectivity index (χ1v) is 9.33. The molecule has 0 bridgehead atoms. The molecule has 1 amide bonds. The largest absolute Gasteiger partial charge is 0.322 e. The number of H-pyrrole nitrogens is 1. The van der Waals surface area contributed by atoms with Crippen molar-refractivity contribution in [3.63, 3.8) is 0 Å². The molecule has 7 heteroatoms. The predicted octanol–water partition coefficient (Wildman–Crippen LogP) is 4.26. The van der Waals surface area contributed by atoms with Crippen LogP contribution in [0.1, 0.15) is 21.5 Å². The Morgan fingerprint density at radius 3 is 2.71 bits per heavy atom. The van der Waals surface area contributed by atoms with E-state index in [9.17, 15) is 4.79 Å². The summed E-state index contributed by atoms with van der Waals surface area (Å²) < 4.78 is 1.15. The highest BCUT2D eigenvalue weighted by Crippen LogP contribution is 2.20. The number of thioether (sulfide) groups is 1. The third kappa shape index (κ3) is 4.35. The Bertz CT molecular complexity index is 834. The lowest BCUT2D eigenvalue weighted by Crippen LogP contribution is -2.12. The molecule has 0 radical (unpaired) electrons. The molecule has 2 aromatic carbocycles. The van der Waals surface area contributed by atoms with Crippen LogP contribution in [0.15, 0.2) is 53.9 Å². The number of aromatic nitrogens is 3. The molecule has 0 aliphatic rings. The van der Waals surface area contributed by atoms with Crippen LogP contribution in [-0.4, -0.2) is 21.1 Å². The van der Waals surface area contributed by atoms with Gasteiger partial charge in [-0.3, -0.25) is 9.89 Å². The highest BCUT2D eigenvalue weighted by atomic mass is 127. The summed E-state index contributed by atoms with van der Waals surface area (Å²) in [6, 6.07) is 13.5. The lowest BCUT2D eigenvalue weighted by molar-refractivity contribution is 0.102. The van der Waals surface area contributed by atoms with E-state index in [0.717, 1.165) is 31.3 Å². The van der Waals surface area contributed by atoms with Crippen molar-refractivity contribution < 1.29 is 4.79 Å². The third-order valence-corrected chi connectivity index (χ3v) is 5.04.